The first-order valence-electron chi connectivity index (χ1n) is 4.94. The molecule has 0 aromatic heterocycles. The number of hydrogen-bond acceptors (Lipinski definition) is 3. The van der Waals surface area contributed by atoms with Gasteiger partial charge in [-0.3, -0.25) is 4.79 Å². The first-order valence-corrected chi connectivity index (χ1v) is 4.94. The van der Waals surface area contributed by atoms with E-state index in [2.05, 4.69) is 10.6 Å². The minimum atomic E-state index is -0.472. The van der Waals surface area contributed by atoms with Crippen LogP contribution in [0.1, 0.15) is 34.6 Å². The molecule has 2 N–H and O–H groups in total. The lowest BCUT2D eigenvalue weighted by atomic mass is 10.1. The van der Waals surface area contributed by atoms with E-state index in [1.54, 1.807) is 6.92 Å². The van der Waals surface area contributed by atoms with Crippen LogP contribution in [0, 0.1) is 0 Å². The average Bonchev–Trinajstić information content (AvgIpc) is 1.96. The summed E-state index contributed by atoms with van der Waals surface area (Å²) in [7, 11) is 0. The van der Waals surface area contributed by atoms with Gasteiger partial charge in [-0.05, 0) is 27.7 Å². The first-order chi connectivity index (χ1) is 6.70. The topological polar surface area (TPSA) is 67.4 Å². The van der Waals surface area contributed by atoms with E-state index in [1.165, 1.54) is 6.92 Å². The Balaban J connectivity index is 3.81. The second-order valence-corrected chi connectivity index (χ2v) is 4.53. The Morgan fingerprint density at radius 1 is 1.33 bits per heavy atom. The van der Waals surface area contributed by atoms with Crippen LogP contribution in [0.25, 0.3) is 0 Å². The van der Waals surface area contributed by atoms with Gasteiger partial charge in [0.1, 0.15) is 6.10 Å². The van der Waals surface area contributed by atoms with E-state index in [-0.39, 0.29) is 17.6 Å². The maximum atomic E-state index is 11.3. The van der Waals surface area contributed by atoms with E-state index in [1.807, 2.05) is 20.8 Å². The number of ether oxygens (including phenoxy) is 1. The van der Waals surface area contributed by atoms with Gasteiger partial charge in [0.15, 0.2) is 0 Å². The average molecular weight is 216 g/mol. The molecule has 1 atom stereocenters. The van der Waals surface area contributed by atoms with Crippen molar-refractivity contribution in [3.63, 3.8) is 0 Å². The van der Waals surface area contributed by atoms with Crippen LogP contribution in [0.2, 0.25) is 0 Å². The summed E-state index contributed by atoms with van der Waals surface area (Å²) >= 11 is 0. The molecule has 15 heavy (non-hydrogen) atoms. The highest BCUT2D eigenvalue weighted by atomic mass is 16.6. The molecule has 2 amide bonds. The van der Waals surface area contributed by atoms with E-state index in [0.717, 1.165) is 0 Å². The van der Waals surface area contributed by atoms with Crippen molar-refractivity contribution in [2.45, 2.75) is 46.3 Å². The molecule has 1 unspecified atom stereocenters. The highest BCUT2D eigenvalue weighted by Crippen LogP contribution is 2.00. The van der Waals surface area contributed by atoms with E-state index in [9.17, 15) is 9.59 Å². The van der Waals surface area contributed by atoms with Gasteiger partial charge in [-0.1, -0.05) is 0 Å². The molecule has 0 fully saturated rings. The lowest BCUT2D eigenvalue weighted by molar-refractivity contribution is -0.119. The molecule has 0 aromatic carbocycles. The Hall–Kier alpha value is -1.26. The van der Waals surface area contributed by atoms with Crippen LogP contribution in [0.5, 0.6) is 0 Å². The highest BCUT2D eigenvalue weighted by Gasteiger charge is 2.16. The maximum Gasteiger partial charge on any atom is 0.407 e. The van der Waals surface area contributed by atoms with Crippen molar-refractivity contribution in [3.8, 4) is 0 Å². The number of amides is 2. The van der Waals surface area contributed by atoms with Crippen LogP contribution in [-0.4, -0.2) is 30.2 Å². The summed E-state index contributed by atoms with van der Waals surface area (Å²) in [5.74, 6) is -0.137. The van der Waals surface area contributed by atoms with Crippen LogP contribution in [0.4, 0.5) is 4.79 Å². The molecule has 0 aliphatic carbocycles. The second-order valence-electron chi connectivity index (χ2n) is 4.53. The third-order valence-corrected chi connectivity index (χ3v) is 1.42. The Bertz CT molecular complexity index is 233. The predicted molar refractivity (Wildman–Crippen MR) is 57.5 cm³/mol. The minimum absolute atomic E-state index is 0.137. The summed E-state index contributed by atoms with van der Waals surface area (Å²) in [4.78, 5) is 21.9. The number of alkyl carbamates (subject to hydrolysis) is 1. The largest absolute Gasteiger partial charge is 0.445 e. The van der Waals surface area contributed by atoms with Crippen LogP contribution >= 0.6 is 0 Å². The van der Waals surface area contributed by atoms with Crippen molar-refractivity contribution in [1.82, 2.24) is 10.6 Å². The number of carbonyl (C=O) groups excluding carboxylic acids is 2. The van der Waals surface area contributed by atoms with Crippen molar-refractivity contribution in [2.75, 3.05) is 6.54 Å². The molecule has 5 nitrogen and oxygen atoms in total. The van der Waals surface area contributed by atoms with Crippen LogP contribution in [0.3, 0.4) is 0 Å². The van der Waals surface area contributed by atoms with Crippen molar-refractivity contribution in [1.29, 1.82) is 0 Å². The fourth-order valence-corrected chi connectivity index (χ4v) is 0.847. The molecule has 0 bridgehead atoms. The van der Waals surface area contributed by atoms with Gasteiger partial charge in [-0.25, -0.2) is 4.79 Å². The van der Waals surface area contributed by atoms with Crippen LogP contribution < -0.4 is 10.6 Å². The molecule has 0 radical (unpaired) electrons. The Labute approximate surface area is 90.6 Å². The van der Waals surface area contributed by atoms with Gasteiger partial charge < -0.3 is 15.4 Å². The molecular formula is C10H20N2O3. The summed E-state index contributed by atoms with van der Waals surface area (Å²) in [6.07, 6.45) is -0.809. The third kappa shape index (κ3) is 9.05. The van der Waals surface area contributed by atoms with Gasteiger partial charge in [-0.2, -0.15) is 0 Å². The smallest absolute Gasteiger partial charge is 0.407 e. The molecule has 88 valence electrons. The van der Waals surface area contributed by atoms with Crippen molar-refractivity contribution in [3.05, 3.63) is 0 Å². The minimum Gasteiger partial charge on any atom is -0.445 e. The van der Waals surface area contributed by atoms with E-state index >= 15 is 0 Å². The Kier molecular flexibility index (Phi) is 5.11. The van der Waals surface area contributed by atoms with Gasteiger partial charge in [0.25, 0.3) is 0 Å². The molecule has 0 rings (SSSR count). The highest BCUT2D eigenvalue weighted by molar-refractivity contribution is 5.73. The second kappa shape index (κ2) is 5.58. The summed E-state index contributed by atoms with van der Waals surface area (Å²) in [5.41, 5.74) is -0.315. The summed E-state index contributed by atoms with van der Waals surface area (Å²) < 4.78 is 5.01. The molecule has 0 aliphatic rings. The predicted octanol–water partition coefficient (Wildman–Crippen LogP) is 1.04. The zero-order valence-corrected chi connectivity index (χ0v) is 10.0. The number of hydrogen-bond donors (Lipinski definition) is 2. The molecule has 5 heteroatoms. The van der Waals surface area contributed by atoms with Gasteiger partial charge in [-0.15, -0.1) is 0 Å². The third-order valence-electron chi connectivity index (χ3n) is 1.42. The number of rotatable bonds is 3. The monoisotopic (exact) mass is 216 g/mol. The van der Waals surface area contributed by atoms with E-state index < -0.39 is 6.09 Å². The molecular weight excluding hydrogens is 196 g/mol. The molecule has 0 aromatic rings. The van der Waals surface area contributed by atoms with E-state index in [4.69, 9.17) is 4.74 Å². The van der Waals surface area contributed by atoms with Crippen molar-refractivity contribution < 1.29 is 14.3 Å². The van der Waals surface area contributed by atoms with Gasteiger partial charge in [0.2, 0.25) is 5.91 Å². The van der Waals surface area contributed by atoms with Crippen molar-refractivity contribution >= 4 is 12.0 Å². The molecule has 0 saturated heterocycles. The fraction of sp³-hybridized carbons (Fsp3) is 0.800. The van der Waals surface area contributed by atoms with Gasteiger partial charge in [0, 0.05) is 12.5 Å². The zero-order valence-electron chi connectivity index (χ0n) is 10.0. The number of carbonyl (C=O) groups is 2. The zero-order chi connectivity index (χ0) is 12.1. The summed E-state index contributed by atoms with van der Waals surface area (Å²) in [6.45, 7) is 9.07. The lowest BCUT2D eigenvalue weighted by Gasteiger charge is -2.22. The molecule has 0 aliphatic heterocycles. The van der Waals surface area contributed by atoms with Gasteiger partial charge >= 0.3 is 6.09 Å². The van der Waals surface area contributed by atoms with Crippen LogP contribution in [-0.2, 0) is 9.53 Å². The van der Waals surface area contributed by atoms with E-state index in [0.29, 0.717) is 6.54 Å². The first kappa shape index (κ1) is 13.7. The summed E-state index contributed by atoms with van der Waals surface area (Å²) in [6, 6.07) is 0. The van der Waals surface area contributed by atoms with Gasteiger partial charge in [0.05, 0.1) is 6.54 Å². The SMILES string of the molecule is CC(=O)NCC(C)OC(=O)NC(C)(C)C. The fourth-order valence-electron chi connectivity index (χ4n) is 0.847. The summed E-state index contributed by atoms with van der Waals surface area (Å²) in [5, 5.41) is 5.23. The van der Waals surface area contributed by atoms with Crippen LogP contribution in [0.15, 0.2) is 0 Å². The molecule has 0 saturated carbocycles. The maximum absolute atomic E-state index is 11.3. The van der Waals surface area contributed by atoms with Crippen molar-refractivity contribution in [2.24, 2.45) is 0 Å². The quantitative estimate of drug-likeness (QED) is 0.740. The number of nitrogens with one attached hydrogen (secondary N) is 2. The lowest BCUT2D eigenvalue weighted by Crippen LogP contribution is -2.43. The Morgan fingerprint density at radius 3 is 2.27 bits per heavy atom. The Morgan fingerprint density at radius 2 is 1.87 bits per heavy atom. The molecule has 0 heterocycles. The molecule has 0 spiro atoms. The standard InChI is InChI=1S/C10H20N2O3/c1-7(6-11-8(2)13)15-9(14)12-10(3,4)5/h7H,6H2,1-5H3,(H,11,13)(H,12,14). The normalized spacial score (nSPS) is 12.9.